The summed E-state index contributed by atoms with van der Waals surface area (Å²) in [5, 5.41) is 0. The van der Waals surface area contributed by atoms with Crippen LogP contribution in [-0.2, 0) is 0 Å². The second-order valence-electron chi connectivity index (χ2n) is 8.52. The fourth-order valence-electron chi connectivity index (χ4n) is 7.77. The first kappa shape index (κ1) is 11.7. The molecule has 7 saturated carbocycles. The van der Waals surface area contributed by atoms with Gasteiger partial charge in [-0.3, -0.25) is 0 Å². The first-order chi connectivity index (χ1) is 9.69. The van der Waals surface area contributed by atoms with E-state index in [2.05, 4.69) is 23.7 Å². The van der Waals surface area contributed by atoms with Gasteiger partial charge in [-0.25, -0.2) is 0 Å². The van der Waals surface area contributed by atoms with Gasteiger partial charge in [0.05, 0.1) is 0 Å². The lowest BCUT2D eigenvalue weighted by Gasteiger charge is -2.73. The van der Waals surface area contributed by atoms with E-state index in [1.807, 2.05) is 13.8 Å². The van der Waals surface area contributed by atoms with Crippen LogP contribution in [0.3, 0.4) is 0 Å². The highest BCUT2D eigenvalue weighted by molar-refractivity contribution is 5.29. The van der Waals surface area contributed by atoms with Crippen LogP contribution in [0.2, 0.25) is 0 Å². The Labute approximate surface area is 123 Å². The van der Waals surface area contributed by atoms with Crippen LogP contribution in [0.4, 0.5) is 0 Å². The van der Waals surface area contributed by atoms with Crippen LogP contribution in [0.25, 0.3) is 0 Å². The van der Waals surface area contributed by atoms with Crippen molar-refractivity contribution < 1.29 is 0 Å². The molecule has 7 rings (SSSR count). The molecule has 0 amide bonds. The molecule has 7 fully saturated rings. The van der Waals surface area contributed by atoms with Gasteiger partial charge in [-0.1, -0.05) is 11.8 Å². The second kappa shape index (κ2) is 3.47. The molecule has 0 aromatic rings. The Morgan fingerprint density at radius 2 is 0.800 bits per heavy atom. The van der Waals surface area contributed by atoms with Crippen LogP contribution in [0.5, 0.6) is 0 Å². The summed E-state index contributed by atoms with van der Waals surface area (Å²) >= 11 is 0. The minimum Gasteiger partial charge on any atom is -0.106 e. The van der Waals surface area contributed by atoms with Crippen molar-refractivity contribution in [2.75, 3.05) is 0 Å². The van der Waals surface area contributed by atoms with Gasteiger partial charge in [-0.05, 0) is 87.9 Å². The monoisotopic (exact) mass is 264 g/mol. The van der Waals surface area contributed by atoms with E-state index < -0.39 is 0 Å². The van der Waals surface area contributed by atoms with Gasteiger partial charge >= 0.3 is 0 Å². The summed E-state index contributed by atoms with van der Waals surface area (Å²) in [6.45, 7) is 4.09. The molecule has 0 aliphatic heterocycles. The minimum atomic E-state index is 0.437. The highest BCUT2D eigenvalue weighted by Crippen LogP contribution is 2.76. The van der Waals surface area contributed by atoms with Crippen molar-refractivity contribution in [3.05, 3.63) is 0 Å². The van der Waals surface area contributed by atoms with Crippen molar-refractivity contribution in [2.45, 2.75) is 52.4 Å². The van der Waals surface area contributed by atoms with E-state index >= 15 is 0 Å². The van der Waals surface area contributed by atoms with E-state index in [4.69, 9.17) is 0 Å². The van der Waals surface area contributed by atoms with Crippen molar-refractivity contribution in [1.82, 2.24) is 0 Å². The zero-order chi connectivity index (χ0) is 13.5. The maximum atomic E-state index is 3.67. The fraction of sp³-hybridized carbons (Fsp3) is 0.800. The maximum absolute atomic E-state index is 3.67. The number of hydrogen-bond donors (Lipinski definition) is 0. The van der Waals surface area contributed by atoms with Crippen molar-refractivity contribution in [2.24, 2.45) is 46.3 Å². The normalized spacial score (nSPS) is 59.9. The molecular weight excluding hydrogens is 240 g/mol. The summed E-state index contributed by atoms with van der Waals surface area (Å²) < 4.78 is 0. The van der Waals surface area contributed by atoms with Gasteiger partial charge in [0, 0.05) is 10.8 Å². The molecule has 7 aliphatic rings. The van der Waals surface area contributed by atoms with Gasteiger partial charge in [-0.15, -0.1) is 11.8 Å². The average molecular weight is 264 g/mol. The van der Waals surface area contributed by atoms with E-state index in [9.17, 15) is 0 Å². The highest BCUT2D eigenvalue weighted by atomic mass is 14.7. The van der Waals surface area contributed by atoms with Crippen LogP contribution in [0.15, 0.2) is 0 Å². The summed E-state index contributed by atoms with van der Waals surface area (Å²) in [6, 6.07) is 0. The van der Waals surface area contributed by atoms with Crippen molar-refractivity contribution in [3.63, 3.8) is 0 Å². The van der Waals surface area contributed by atoms with Crippen LogP contribution < -0.4 is 0 Å². The molecule has 0 unspecified atom stereocenters. The summed E-state index contributed by atoms with van der Waals surface area (Å²) in [7, 11) is 0. The largest absolute Gasteiger partial charge is 0.106 e. The van der Waals surface area contributed by atoms with Gasteiger partial charge in [0.25, 0.3) is 0 Å². The Hall–Kier alpha value is -0.880. The molecule has 0 heterocycles. The second-order valence-corrected chi connectivity index (χ2v) is 8.52. The Bertz CT molecular complexity index is 470. The highest BCUT2D eigenvalue weighted by Gasteiger charge is 2.69. The average Bonchev–Trinajstić information content (AvgIpc) is 2.44. The van der Waals surface area contributed by atoms with Gasteiger partial charge in [0.1, 0.15) is 0 Å². The minimum absolute atomic E-state index is 0.437. The Morgan fingerprint density at radius 3 is 1.00 bits per heavy atom. The molecule has 0 nitrogen and oxygen atoms in total. The molecule has 20 heavy (non-hydrogen) atoms. The maximum Gasteiger partial charge on any atom is 0.0323 e. The van der Waals surface area contributed by atoms with E-state index in [-0.39, 0.29) is 0 Å². The third kappa shape index (κ3) is 1.19. The molecule has 104 valence electrons. The van der Waals surface area contributed by atoms with E-state index in [1.54, 1.807) is 0 Å². The topological polar surface area (TPSA) is 0 Å². The lowest BCUT2D eigenvalue weighted by molar-refractivity contribution is -0.233. The summed E-state index contributed by atoms with van der Waals surface area (Å²) in [5.41, 5.74) is 0.873. The molecule has 0 atom stereocenters. The quantitative estimate of drug-likeness (QED) is 0.578. The first-order valence-electron chi connectivity index (χ1n) is 8.57. The number of rotatable bonds is 0. The molecular formula is C20H24. The Kier molecular flexibility index (Phi) is 2.04. The molecule has 8 bridgehead atoms. The third-order valence-electron chi connectivity index (χ3n) is 7.84. The summed E-state index contributed by atoms with van der Waals surface area (Å²) in [4.78, 5) is 0. The zero-order valence-corrected chi connectivity index (χ0v) is 12.7. The first-order valence-corrected chi connectivity index (χ1v) is 8.57. The molecule has 0 aromatic carbocycles. The Morgan fingerprint density at radius 1 is 0.550 bits per heavy atom. The Balaban J connectivity index is 1.60. The van der Waals surface area contributed by atoms with Crippen LogP contribution >= 0.6 is 0 Å². The standard InChI is InChI=1S/C20H24/c1-3-5-19-7-13-16-10-20(6-4-2)11-17(13)15(9-19)18(12-20)14(16)8-19/h13-18H,7-12H2,1-2H3. The lowest BCUT2D eigenvalue weighted by Crippen LogP contribution is -2.67. The third-order valence-corrected chi connectivity index (χ3v) is 7.84. The number of hydrogen-bond acceptors (Lipinski definition) is 0. The van der Waals surface area contributed by atoms with Crippen LogP contribution in [-0.4, -0.2) is 0 Å². The fourth-order valence-corrected chi connectivity index (χ4v) is 7.77. The van der Waals surface area contributed by atoms with Crippen molar-refractivity contribution in [1.29, 1.82) is 0 Å². The molecule has 0 saturated heterocycles. The van der Waals surface area contributed by atoms with Crippen molar-refractivity contribution >= 4 is 0 Å². The molecule has 7 aliphatic carbocycles. The molecule has 0 radical (unpaired) electrons. The molecule has 0 aromatic heterocycles. The molecule has 0 heteroatoms. The van der Waals surface area contributed by atoms with Gasteiger partial charge in [0.15, 0.2) is 0 Å². The summed E-state index contributed by atoms with van der Waals surface area (Å²) in [6.07, 6.45) is 8.57. The zero-order valence-electron chi connectivity index (χ0n) is 12.7. The predicted octanol–water partition coefficient (Wildman–Crippen LogP) is 4.11. The van der Waals surface area contributed by atoms with Crippen molar-refractivity contribution in [3.8, 4) is 23.7 Å². The van der Waals surface area contributed by atoms with E-state index in [0.29, 0.717) is 10.8 Å². The molecule has 0 spiro atoms. The lowest BCUT2D eigenvalue weighted by atomic mass is 9.31. The van der Waals surface area contributed by atoms with Gasteiger partial charge in [-0.2, -0.15) is 0 Å². The molecule has 0 N–H and O–H groups in total. The smallest absolute Gasteiger partial charge is 0.0323 e. The predicted molar refractivity (Wildman–Crippen MR) is 80.4 cm³/mol. The SMILES string of the molecule is CC#CC12CC3C4CC5(C#CC)CC3C(C1)C(C5)C4C2. The van der Waals surface area contributed by atoms with E-state index in [0.717, 1.165) is 35.5 Å². The summed E-state index contributed by atoms with van der Waals surface area (Å²) in [5.74, 6) is 20.0. The van der Waals surface area contributed by atoms with Gasteiger partial charge in [0.2, 0.25) is 0 Å². The van der Waals surface area contributed by atoms with Crippen LogP contribution in [0, 0.1) is 70.0 Å². The van der Waals surface area contributed by atoms with Gasteiger partial charge < -0.3 is 0 Å². The van der Waals surface area contributed by atoms with E-state index in [1.165, 1.54) is 38.5 Å². The van der Waals surface area contributed by atoms with Crippen LogP contribution in [0.1, 0.15) is 52.4 Å².